The van der Waals surface area contributed by atoms with E-state index in [9.17, 15) is 14.0 Å². The second kappa shape index (κ2) is 9.70. The fraction of sp³-hybridized carbons (Fsp3) is 0.400. The lowest BCUT2D eigenvalue weighted by Crippen LogP contribution is -2.53. The summed E-state index contributed by atoms with van der Waals surface area (Å²) in [6.07, 6.45) is 5.64. The molecule has 0 radical (unpaired) electrons. The number of hydrogen-bond donors (Lipinski definition) is 2. The number of allylic oxidation sites excluding steroid dienone is 3. The van der Waals surface area contributed by atoms with Crippen LogP contribution >= 0.6 is 0 Å². The van der Waals surface area contributed by atoms with E-state index < -0.39 is 5.82 Å². The van der Waals surface area contributed by atoms with Crippen LogP contribution in [0.2, 0.25) is 0 Å². The van der Waals surface area contributed by atoms with E-state index in [1.807, 2.05) is 19.1 Å². The topological polar surface area (TPSA) is 80.8 Å². The van der Waals surface area contributed by atoms with Gasteiger partial charge in [0.05, 0.1) is 0 Å². The molecule has 7 nitrogen and oxygen atoms in total. The molecule has 2 aromatic rings. The Morgan fingerprint density at radius 1 is 1.21 bits per heavy atom. The van der Waals surface area contributed by atoms with Gasteiger partial charge >= 0.3 is 0 Å². The maximum atomic E-state index is 13.4. The number of piperazine rings is 1. The molecule has 1 aromatic carbocycles. The SMILES string of the molecule is C=N/C(=C\C=C(/C)N1CCN(C2CC(c3cc4ccc(F)cc4c(=O)[nH]3)C2)CC1)C(=O)NC. The van der Waals surface area contributed by atoms with Gasteiger partial charge in [0.1, 0.15) is 11.5 Å². The molecule has 0 atom stereocenters. The molecular formula is C25H30FN5O2. The number of halogens is 1. The molecule has 1 amide bonds. The van der Waals surface area contributed by atoms with Crippen molar-refractivity contribution in [3.63, 3.8) is 0 Å². The molecule has 1 saturated carbocycles. The molecule has 4 rings (SSSR count). The number of likely N-dealkylation sites (N-methyl/N-ethyl adjacent to an activating group) is 1. The van der Waals surface area contributed by atoms with Gasteiger partial charge in [-0.05, 0) is 62.2 Å². The van der Waals surface area contributed by atoms with Gasteiger partial charge in [0.15, 0.2) is 0 Å². The molecule has 2 heterocycles. The van der Waals surface area contributed by atoms with Crippen LogP contribution in [0.4, 0.5) is 4.39 Å². The molecule has 8 heteroatoms. The summed E-state index contributed by atoms with van der Waals surface area (Å²) >= 11 is 0. The van der Waals surface area contributed by atoms with Gasteiger partial charge in [-0.25, -0.2) is 4.39 Å². The van der Waals surface area contributed by atoms with E-state index in [0.717, 1.165) is 55.8 Å². The van der Waals surface area contributed by atoms with Crippen LogP contribution in [-0.2, 0) is 4.79 Å². The number of fused-ring (bicyclic) bond motifs is 1. The lowest BCUT2D eigenvalue weighted by Gasteiger charge is -2.47. The Morgan fingerprint density at radius 3 is 2.61 bits per heavy atom. The zero-order valence-corrected chi connectivity index (χ0v) is 19.1. The van der Waals surface area contributed by atoms with Crippen LogP contribution < -0.4 is 10.9 Å². The Balaban J connectivity index is 1.32. The molecule has 1 aromatic heterocycles. The number of hydrogen-bond acceptors (Lipinski definition) is 5. The van der Waals surface area contributed by atoms with Crippen molar-refractivity contribution in [1.29, 1.82) is 0 Å². The standard InChI is InChI=1S/C25H30FN5O2/c1-16(4-7-22(27-2)25(33)28-3)30-8-10-31(11-9-30)20-12-18(13-20)23-14-17-5-6-19(26)15-21(17)24(32)29-23/h4-7,14-15,18,20H,2,8-13H2,1,3H3,(H,28,33)(H,29,32)/b16-4+,22-7-. The Bertz CT molecular complexity index is 1170. The highest BCUT2D eigenvalue weighted by atomic mass is 19.1. The van der Waals surface area contributed by atoms with E-state index >= 15 is 0 Å². The molecule has 0 spiro atoms. The van der Waals surface area contributed by atoms with Gasteiger partial charge in [0.2, 0.25) is 0 Å². The van der Waals surface area contributed by atoms with Crippen LogP contribution in [0.5, 0.6) is 0 Å². The first-order chi connectivity index (χ1) is 15.9. The Morgan fingerprint density at radius 2 is 1.94 bits per heavy atom. The zero-order chi connectivity index (χ0) is 23.5. The van der Waals surface area contributed by atoms with Crippen LogP contribution in [-0.4, -0.2) is 66.7 Å². The molecular weight excluding hydrogens is 421 g/mol. The second-order valence-corrected chi connectivity index (χ2v) is 8.73. The Kier molecular flexibility index (Phi) is 6.74. The van der Waals surface area contributed by atoms with E-state index in [4.69, 9.17) is 0 Å². The van der Waals surface area contributed by atoms with Crippen molar-refractivity contribution < 1.29 is 9.18 Å². The third-order valence-corrected chi connectivity index (χ3v) is 6.82. The third kappa shape index (κ3) is 4.90. The van der Waals surface area contributed by atoms with Crippen LogP contribution in [0.1, 0.15) is 31.4 Å². The second-order valence-electron chi connectivity index (χ2n) is 8.73. The lowest BCUT2D eigenvalue weighted by atomic mass is 9.76. The van der Waals surface area contributed by atoms with E-state index in [1.165, 1.54) is 12.1 Å². The van der Waals surface area contributed by atoms with Crippen molar-refractivity contribution in [2.24, 2.45) is 4.99 Å². The number of nitrogens with one attached hydrogen (secondary N) is 2. The van der Waals surface area contributed by atoms with Crippen molar-refractivity contribution >= 4 is 23.4 Å². The number of nitrogens with zero attached hydrogens (tertiary/aromatic N) is 3. The zero-order valence-electron chi connectivity index (χ0n) is 19.1. The minimum atomic E-state index is -0.394. The minimum Gasteiger partial charge on any atom is -0.372 e. The summed E-state index contributed by atoms with van der Waals surface area (Å²) in [6.45, 7) is 9.29. The first-order valence-electron chi connectivity index (χ1n) is 11.3. The summed E-state index contributed by atoms with van der Waals surface area (Å²) < 4.78 is 13.4. The van der Waals surface area contributed by atoms with Gasteiger partial charge in [0.25, 0.3) is 11.5 Å². The number of carbonyl (C=O) groups is 1. The number of carbonyl (C=O) groups excluding carboxylic acids is 1. The highest BCUT2D eigenvalue weighted by molar-refractivity contribution is 5.93. The third-order valence-electron chi connectivity index (χ3n) is 6.82. The van der Waals surface area contributed by atoms with Crippen LogP contribution in [0.25, 0.3) is 10.8 Å². The van der Waals surface area contributed by atoms with Crippen LogP contribution in [0, 0.1) is 5.82 Å². The highest BCUT2D eigenvalue weighted by Gasteiger charge is 2.36. The number of benzene rings is 1. The molecule has 2 aliphatic rings. The highest BCUT2D eigenvalue weighted by Crippen LogP contribution is 2.39. The van der Waals surface area contributed by atoms with Gasteiger partial charge < -0.3 is 15.2 Å². The minimum absolute atomic E-state index is 0.221. The molecule has 174 valence electrons. The van der Waals surface area contributed by atoms with Crippen molar-refractivity contribution in [1.82, 2.24) is 20.1 Å². The van der Waals surface area contributed by atoms with E-state index in [1.54, 1.807) is 19.2 Å². The average Bonchev–Trinajstić information content (AvgIpc) is 2.79. The molecule has 2 fully saturated rings. The Hall–Kier alpha value is -3.26. The number of amides is 1. The normalized spacial score (nSPS) is 22.2. The van der Waals surface area contributed by atoms with Crippen molar-refractivity contribution in [3.05, 3.63) is 69.7 Å². The van der Waals surface area contributed by atoms with Crippen molar-refractivity contribution in [3.8, 4) is 0 Å². The summed E-state index contributed by atoms with van der Waals surface area (Å²) in [4.78, 5) is 35.7. The summed E-state index contributed by atoms with van der Waals surface area (Å²) in [6, 6.07) is 6.86. The number of H-pyrrole nitrogens is 1. The maximum Gasteiger partial charge on any atom is 0.269 e. The molecule has 33 heavy (non-hydrogen) atoms. The van der Waals surface area contributed by atoms with Gasteiger partial charge in [-0.2, -0.15) is 0 Å². The van der Waals surface area contributed by atoms with Crippen molar-refractivity contribution in [2.75, 3.05) is 33.2 Å². The average molecular weight is 452 g/mol. The van der Waals surface area contributed by atoms with Gasteiger partial charge in [0, 0.05) is 62.0 Å². The molecule has 1 saturated heterocycles. The fourth-order valence-corrected chi connectivity index (χ4v) is 4.69. The lowest BCUT2D eigenvalue weighted by molar-refractivity contribution is -0.117. The number of aromatic nitrogens is 1. The van der Waals surface area contributed by atoms with Gasteiger partial charge in [-0.15, -0.1) is 0 Å². The first-order valence-corrected chi connectivity index (χ1v) is 11.3. The number of aromatic amines is 1. The fourth-order valence-electron chi connectivity index (χ4n) is 4.69. The van der Waals surface area contributed by atoms with Crippen LogP contribution in [0.3, 0.4) is 0 Å². The molecule has 0 unspecified atom stereocenters. The monoisotopic (exact) mass is 451 g/mol. The Labute approximate surface area is 192 Å². The number of pyridine rings is 1. The van der Waals surface area contributed by atoms with E-state index in [2.05, 4.69) is 31.8 Å². The molecule has 0 bridgehead atoms. The summed E-state index contributed by atoms with van der Waals surface area (Å²) in [5.74, 6) is -0.316. The molecule has 2 N–H and O–H groups in total. The van der Waals surface area contributed by atoms with Gasteiger partial charge in [-0.3, -0.25) is 19.5 Å². The smallest absolute Gasteiger partial charge is 0.269 e. The van der Waals surface area contributed by atoms with Crippen molar-refractivity contribution in [2.45, 2.75) is 31.7 Å². The number of aliphatic imine (C=N–C) groups is 1. The number of rotatable bonds is 6. The van der Waals surface area contributed by atoms with E-state index in [-0.39, 0.29) is 11.5 Å². The van der Waals surface area contributed by atoms with Crippen LogP contribution in [0.15, 0.2) is 57.6 Å². The molecule has 1 aliphatic heterocycles. The van der Waals surface area contributed by atoms with Gasteiger partial charge in [-0.1, -0.05) is 6.07 Å². The summed E-state index contributed by atoms with van der Waals surface area (Å²) in [7, 11) is 1.57. The summed E-state index contributed by atoms with van der Waals surface area (Å²) in [5.41, 5.74) is 2.12. The van der Waals surface area contributed by atoms with E-state index in [0.29, 0.717) is 23.0 Å². The predicted octanol–water partition coefficient (Wildman–Crippen LogP) is 2.77. The molecule has 1 aliphatic carbocycles. The largest absolute Gasteiger partial charge is 0.372 e. The summed E-state index contributed by atoms with van der Waals surface area (Å²) in [5, 5.41) is 3.74. The quantitative estimate of drug-likeness (QED) is 0.402. The predicted molar refractivity (Wildman–Crippen MR) is 129 cm³/mol. The first kappa shape index (κ1) is 22.9. The maximum absolute atomic E-state index is 13.4.